The van der Waals surface area contributed by atoms with Gasteiger partial charge in [0.05, 0.1) is 12.5 Å². The molecule has 0 fully saturated rings. The van der Waals surface area contributed by atoms with Crippen molar-refractivity contribution in [2.45, 2.75) is 19.4 Å². The predicted molar refractivity (Wildman–Crippen MR) is 48.5 cm³/mol. The van der Waals surface area contributed by atoms with Gasteiger partial charge < -0.3 is 15.3 Å². The Kier molecular flexibility index (Phi) is 5.07. The highest BCUT2D eigenvalue weighted by Gasteiger charge is 2.16. The number of amides is 2. The summed E-state index contributed by atoms with van der Waals surface area (Å²) >= 11 is 0. The van der Waals surface area contributed by atoms with E-state index in [4.69, 9.17) is 10.4 Å². The molecule has 0 bridgehead atoms. The van der Waals surface area contributed by atoms with Crippen LogP contribution in [0.15, 0.2) is 0 Å². The highest BCUT2D eigenvalue weighted by Crippen LogP contribution is 1.90. The number of aliphatic carboxylic acids is 1. The molecule has 78 valence electrons. The van der Waals surface area contributed by atoms with Crippen LogP contribution in [0.1, 0.15) is 13.3 Å². The van der Waals surface area contributed by atoms with Crippen molar-refractivity contribution in [3.8, 4) is 6.07 Å². The Bertz CT molecular complexity index is 259. The van der Waals surface area contributed by atoms with Crippen molar-refractivity contribution in [1.29, 1.82) is 5.26 Å². The van der Waals surface area contributed by atoms with Crippen molar-refractivity contribution < 1.29 is 14.7 Å². The van der Waals surface area contributed by atoms with Crippen molar-refractivity contribution >= 4 is 12.0 Å². The molecular weight excluding hydrogens is 186 g/mol. The molecule has 0 rings (SSSR count). The van der Waals surface area contributed by atoms with E-state index in [1.165, 1.54) is 18.9 Å². The maximum atomic E-state index is 11.2. The van der Waals surface area contributed by atoms with Gasteiger partial charge in [-0.15, -0.1) is 0 Å². The van der Waals surface area contributed by atoms with Crippen LogP contribution in [-0.4, -0.2) is 41.6 Å². The summed E-state index contributed by atoms with van der Waals surface area (Å²) in [7, 11) is 1.50. The summed E-state index contributed by atoms with van der Waals surface area (Å²) in [5, 5.41) is 19.0. The zero-order valence-electron chi connectivity index (χ0n) is 8.15. The molecule has 0 saturated heterocycles. The minimum Gasteiger partial charge on any atom is -0.480 e. The fraction of sp³-hybridized carbons (Fsp3) is 0.625. The summed E-state index contributed by atoms with van der Waals surface area (Å²) in [6.07, 6.45) is 0.228. The molecule has 0 aromatic heterocycles. The fourth-order valence-corrected chi connectivity index (χ4v) is 0.676. The SMILES string of the molecule is CC(NC(=O)N(C)CCC#N)C(=O)O. The summed E-state index contributed by atoms with van der Waals surface area (Å²) in [4.78, 5) is 22.9. The molecule has 0 spiro atoms. The number of hydrogen-bond acceptors (Lipinski definition) is 3. The van der Waals surface area contributed by atoms with Crippen LogP contribution < -0.4 is 5.32 Å². The molecule has 0 aromatic rings. The molecule has 2 amide bonds. The zero-order chi connectivity index (χ0) is 11.1. The summed E-state index contributed by atoms with van der Waals surface area (Å²) in [6.45, 7) is 1.66. The van der Waals surface area contributed by atoms with Gasteiger partial charge in [-0.1, -0.05) is 0 Å². The van der Waals surface area contributed by atoms with E-state index in [1.54, 1.807) is 0 Å². The third-order valence-electron chi connectivity index (χ3n) is 1.62. The molecule has 0 heterocycles. The maximum absolute atomic E-state index is 11.2. The standard InChI is InChI=1S/C8H13N3O3/c1-6(7(12)13)10-8(14)11(2)5-3-4-9/h6H,3,5H2,1-2H3,(H,10,14)(H,12,13). The van der Waals surface area contributed by atoms with Crippen molar-refractivity contribution in [1.82, 2.24) is 10.2 Å². The van der Waals surface area contributed by atoms with Gasteiger partial charge in [0.25, 0.3) is 0 Å². The highest BCUT2D eigenvalue weighted by atomic mass is 16.4. The van der Waals surface area contributed by atoms with Crippen LogP contribution in [0.2, 0.25) is 0 Å². The highest BCUT2D eigenvalue weighted by molar-refractivity contribution is 5.82. The van der Waals surface area contributed by atoms with Gasteiger partial charge in [-0.25, -0.2) is 4.79 Å². The van der Waals surface area contributed by atoms with Gasteiger partial charge in [0.2, 0.25) is 0 Å². The molecule has 0 aromatic carbocycles. The number of carboxylic acid groups (broad SMARTS) is 1. The number of carbonyl (C=O) groups is 2. The zero-order valence-corrected chi connectivity index (χ0v) is 8.15. The second kappa shape index (κ2) is 5.80. The molecule has 0 aliphatic rings. The van der Waals surface area contributed by atoms with Gasteiger partial charge in [0, 0.05) is 13.6 Å². The van der Waals surface area contributed by atoms with Gasteiger partial charge in [0.15, 0.2) is 0 Å². The van der Waals surface area contributed by atoms with Crippen molar-refractivity contribution in [2.75, 3.05) is 13.6 Å². The smallest absolute Gasteiger partial charge is 0.325 e. The normalized spacial score (nSPS) is 11.2. The predicted octanol–water partition coefficient (Wildman–Crippen LogP) is 0.0146. The van der Waals surface area contributed by atoms with E-state index in [2.05, 4.69) is 5.32 Å². The number of rotatable bonds is 4. The Morgan fingerprint density at radius 2 is 2.21 bits per heavy atom. The van der Waals surface area contributed by atoms with E-state index in [-0.39, 0.29) is 13.0 Å². The molecule has 1 atom stereocenters. The largest absolute Gasteiger partial charge is 0.480 e. The first kappa shape index (κ1) is 12.2. The molecule has 14 heavy (non-hydrogen) atoms. The number of nitrogens with zero attached hydrogens (tertiary/aromatic N) is 2. The van der Waals surface area contributed by atoms with E-state index >= 15 is 0 Å². The molecule has 0 aliphatic carbocycles. The number of carbonyl (C=O) groups excluding carboxylic acids is 1. The van der Waals surface area contributed by atoms with E-state index in [0.717, 1.165) is 0 Å². The van der Waals surface area contributed by atoms with Crippen molar-refractivity contribution in [2.24, 2.45) is 0 Å². The summed E-state index contributed by atoms with van der Waals surface area (Å²) in [5.74, 6) is -1.09. The fourth-order valence-electron chi connectivity index (χ4n) is 0.676. The van der Waals surface area contributed by atoms with Crippen LogP contribution >= 0.6 is 0 Å². The molecule has 0 aliphatic heterocycles. The van der Waals surface area contributed by atoms with E-state index in [9.17, 15) is 9.59 Å². The number of nitrogens with one attached hydrogen (secondary N) is 1. The lowest BCUT2D eigenvalue weighted by molar-refractivity contribution is -0.138. The van der Waals surface area contributed by atoms with Gasteiger partial charge in [0.1, 0.15) is 6.04 Å². The lowest BCUT2D eigenvalue weighted by Crippen LogP contribution is -2.45. The Labute approximate surface area is 82.1 Å². The van der Waals surface area contributed by atoms with Crippen LogP contribution in [0.4, 0.5) is 4.79 Å². The first-order chi connectivity index (χ1) is 6.49. The number of urea groups is 1. The number of hydrogen-bond donors (Lipinski definition) is 2. The first-order valence-corrected chi connectivity index (χ1v) is 4.10. The third-order valence-corrected chi connectivity index (χ3v) is 1.62. The molecular formula is C8H13N3O3. The minimum absolute atomic E-state index is 0.228. The molecule has 6 nitrogen and oxygen atoms in total. The Morgan fingerprint density at radius 3 is 2.64 bits per heavy atom. The minimum atomic E-state index is -1.09. The van der Waals surface area contributed by atoms with Crippen molar-refractivity contribution in [3.05, 3.63) is 0 Å². The van der Waals surface area contributed by atoms with Gasteiger partial charge in [-0.05, 0) is 6.92 Å². The molecule has 0 saturated carbocycles. The van der Waals surface area contributed by atoms with E-state index < -0.39 is 18.0 Å². The van der Waals surface area contributed by atoms with E-state index in [1.807, 2.05) is 6.07 Å². The molecule has 1 unspecified atom stereocenters. The van der Waals surface area contributed by atoms with Gasteiger partial charge >= 0.3 is 12.0 Å². The summed E-state index contributed by atoms with van der Waals surface area (Å²) < 4.78 is 0. The lowest BCUT2D eigenvalue weighted by atomic mass is 10.3. The second-order valence-electron chi connectivity index (χ2n) is 2.84. The Morgan fingerprint density at radius 1 is 1.64 bits per heavy atom. The molecule has 2 N–H and O–H groups in total. The Balaban J connectivity index is 3.96. The summed E-state index contributed by atoms with van der Waals surface area (Å²) in [6, 6.07) is 0.477. The average Bonchev–Trinajstić information content (AvgIpc) is 2.13. The first-order valence-electron chi connectivity index (χ1n) is 4.10. The Hall–Kier alpha value is -1.77. The summed E-state index contributed by atoms with van der Waals surface area (Å²) in [5.41, 5.74) is 0. The van der Waals surface area contributed by atoms with Gasteiger partial charge in [-0.2, -0.15) is 5.26 Å². The quantitative estimate of drug-likeness (QED) is 0.667. The van der Waals surface area contributed by atoms with Crippen LogP contribution in [-0.2, 0) is 4.79 Å². The molecule has 6 heteroatoms. The topological polar surface area (TPSA) is 93.4 Å². The van der Waals surface area contributed by atoms with Crippen molar-refractivity contribution in [3.63, 3.8) is 0 Å². The van der Waals surface area contributed by atoms with Crippen LogP contribution in [0.25, 0.3) is 0 Å². The second-order valence-corrected chi connectivity index (χ2v) is 2.84. The average molecular weight is 199 g/mol. The third kappa shape index (κ3) is 4.30. The number of nitriles is 1. The monoisotopic (exact) mass is 199 g/mol. The van der Waals surface area contributed by atoms with E-state index in [0.29, 0.717) is 0 Å². The maximum Gasteiger partial charge on any atom is 0.325 e. The van der Waals surface area contributed by atoms with Crippen LogP contribution in [0.3, 0.4) is 0 Å². The van der Waals surface area contributed by atoms with Crippen LogP contribution in [0.5, 0.6) is 0 Å². The lowest BCUT2D eigenvalue weighted by Gasteiger charge is -2.18. The molecule has 0 radical (unpaired) electrons. The number of carboxylic acids is 1. The van der Waals surface area contributed by atoms with Gasteiger partial charge in [-0.3, -0.25) is 4.79 Å². The van der Waals surface area contributed by atoms with Crippen LogP contribution in [0, 0.1) is 11.3 Å².